The number of hydrogen-bond acceptors (Lipinski definition) is 6. The first-order valence-corrected chi connectivity index (χ1v) is 11.4. The molecule has 6 heteroatoms. The second kappa shape index (κ2) is 6.61. The van der Waals surface area contributed by atoms with Gasteiger partial charge in [0.05, 0.1) is 15.6 Å². The van der Waals surface area contributed by atoms with Crippen molar-refractivity contribution in [2.75, 3.05) is 5.32 Å². The normalized spacial score (nSPS) is 13.3. The van der Waals surface area contributed by atoms with Gasteiger partial charge >= 0.3 is 0 Å². The molecule has 0 spiro atoms. The number of anilines is 2. The summed E-state index contributed by atoms with van der Waals surface area (Å²) in [5.41, 5.74) is 5.94. The number of nitrogens with one attached hydrogen (secondary N) is 1. The summed E-state index contributed by atoms with van der Waals surface area (Å²) < 4.78 is 1.23. The van der Waals surface area contributed by atoms with E-state index in [9.17, 15) is 0 Å². The zero-order chi connectivity index (χ0) is 19.4. The number of rotatable bonds is 3. The topological polar surface area (TPSA) is 50.7 Å². The van der Waals surface area contributed by atoms with Crippen LogP contribution < -0.4 is 5.32 Å². The molecule has 4 nitrogen and oxygen atoms in total. The Morgan fingerprint density at radius 1 is 0.966 bits per heavy atom. The van der Waals surface area contributed by atoms with Crippen molar-refractivity contribution < 1.29 is 0 Å². The molecule has 3 heterocycles. The maximum absolute atomic E-state index is 4.79. The fourth-order valence-corrected chi connectivity index (χ4v) is 6.31. The number of aromatic nitrogens is 3. The second-order valence-corrected chi connectivity index (χ2v) is 9.57. The standard InChI is InChI=1S/C23H18N4S2/c1-13-5-10-17-19(11-13)29-22(27-17)14-6-8-15(9-7-14)26-21-20-16-3-2-4-18(16)28-23(20)25-12-24-21/h5-12H,2-4H2,1H3,(H,24,25,26). The van der Waals surface area contributed by atoms with Crippen molar-refractivity contribution in [3.05, 3.63) is 64.8 Å². The summed E-state index contributed by atoms with van der Waals surface area (Å²) in [5.74, 6) is 0.914. The van der Waals surface area contributed by atoms with Gasteiger partial charge in [0, 0.05) is 16.1 Å². The van der Waals surface area contributed by atoms with Crippen molar-refractivity contribution in [1.82, 2.24) is 15.0 Å². The number of benzene rings is 2. The minimum absolute atomic E-state index is 0.914. The Morgan fingerprint density at radius 3 is 2.76 bits per heavy atom. The van der Waals surface area contributed by atoms with Gasteiger partial charge in [0.2, 0.25) is 0 Å². The molecule has 1 aliphatic rings. The van der Waals surface area contributed by atoms with Crippen LogP contribution in [0.15, 0.2) is 48.8 Å². The summed E-state index contributed by atoms with van der Waals surface area (Å²) in [6, 6.07) is 14.9. The van der Waals surface area contributed by atoms with Crippen LogP contribution in [0.3, 0.4) is 0 Å². The van der Waals surface area contributed by atoms with E-state index in [1.54, 1.807) is 17.7 Å². The highest BCUT2D eigenvalue weighted by Gasteiger charge is 2.21. The molecule has 0 atom stereocenters. The molecule has 0 aliphatic heterocycles. The smallest absolute Gasteiger partial charge is 0.142 e. The molecule has 0 unspecified atom stereocenters. The van der Waals surface area contributed by atoms with Crippen LogP contribution in [-0.2, 0) is 12.8 Å². The van der Waals surface area contributed by atoms with Crippen molar-refractivity contribution in [3.8, 4) is 10.6 Å². The van der Waals surface area contributed by atoms with E-state index in [1.165, 1.54) is 38.9 Å². The van der Waals surface area contributed by atoms with Gasteiger partial charge in [-0.1, -0.05) is 6.07 Å². The molecular weight excluding hydrogens is 396 g/mol. The zero-order valence-electron chi connectivity index (χ0n) is 15.9. The largest absolute Gasteiger partial charge is 0.340 e. The van der Waals surface area contributed by atoms with Crippen LogP contribution in [0.1, 0.15) is 22.4 Å². The highest BCUT2D eigenvalue weighted by atomic mass is 32.1. The average Bonchev–Trinajstić information content (AvgIpc) is 3.42. The third kappa shape index (κ3) is 2.91. The summed E-state index contributed by atoms with van der Waals surface area (Å²) in [5, 5.41) is 5.77. The van der Waals surface area contributed by atoms with E-state index in [2.05, 4.69) is 64.7 Å². The van der Waals surface area contributed by atoms with Gasteiger partial charge < -0.3 is 5.32 Å². The van der Waals surface area contributed by atoms with E-state index in [1.807, 2.05) is 11.3 Å². The highest BCUT2D eigenvalue weighted by molar-refractivity contribution is 7.21. The van der Waals surface area contributed by atoms with E-state index in [4.69, 9.17) is 4.98 Å². The summed E-state index contributed by atoms with van der Waals surface area (Å²) in [6.07, 6.45) is 5.20. The van der Waals surface area contributed by atoms with Crippen LogP contribution in [0.2, 0.25) is 0 Å². The molecule has 0 radical (unpaired) electrons. The van der Waals surface area contributed by atoms with E-state index < -0.39 is 0 Å². The van der Waals surface area contributed by atoms with Gasteiger partial charge in [-0.25, -0.2) is 15.0 Å². The molecule has 29 heavy (non-hydrogen) atoms. The molecule has 0 saturated heterocycles. The van der Waals surface area contributed by atoms with Gasteiger partial charge in [0.25, 0.3) is 0 Å². The van der Waals surface area contributed by atoms with Crippen LogP contribution in [0.4, 0.5) is 11.5 Å². The van der Waals surface area contributed by atoms with E-state index in [0.717, 1.165) is 38.8 Å². The number of thiophene rings is 1. The highest BCUT2D eigenvalue weighted by Crippen LogP contribution is 2.40. The molecule has 5 aromatic rings. The fourth-order valence-electron chi connectivity index (χ4n) is 4.01. The van der Waals surface area contributed by atoms with Crippen LogP contribution >= 0.6 is 22.7 Å². The first-order chi connectivity index (χ1) is 14.2. The molecule has 0 bridgehead atoms. The van der Waals surface area contributed by atoms with E-state index in [0.29, 0.717) is 0 Å². The van der Waals surface area contributed by atoms with Gasteiger partial charge in [-0.3, -0.25) is 0 Å². The lowest BCUT2D eigenvalue weighted by Gasteiger charge is -2.08. The Kier molecular flexibility index (Phi) is 3.89. The first-order valence-electron chi connectivity index (χ1n) is 9.74. The number of nitrogens with zero attached hydrogens (tertiary/aromatic N) is 3. The molecule has 142 valence electrons. The summed E-state index contributed by atoms with van der Waals surface area (Å²) in [7, 11) is 0. The van der Waals surface area contributed by atoms with Gasteiger partial charge in [0.15, 0.2) is 0 Å². The lowest BCUT2D eigenvalue weighted by molar-refractivity contribution is 0.917. The lowest BCUT2D eigenvalue weighted by Crippen LogP contribution is -1.96. The molecule has 6 rings (SSSR count). The first kappa shape index (κ1) is 17.1. The summed E-state index contributed by atoms with van der Waals surface area (Å²) in [4.78, 5) is 16.4. The fraction of sp³-hybridized carbons (Fsp3) is 0.174. The third-order valence-corrected chi connectivity index (χ3v) is 7.71. The Morgan fingerprint density at radius 2 is 1.86 bits per heavy atom. The second-order valence-electron chi connectivity index (χ2n) is 7.45. The minimum Gasteiger partial charge on any atom is -0.340 e. The van der Waals surface area contributed by atoms with Crippen LogP contribution in [0.25, 0.3) is 31.0 Å². The number of aryl methyl sites for hydroxylation is 3. The number of thiazole rings is 1. The van der Waals surface area contributed by atoms with Gasteiger partial charge in [-0.2, -0.15) is 0 Å². The molecule has 3 aromatic heterocycles. The Hall–Kier alpha value is -2.83. The molecule has 1 N–H and O–H groups in total. The molecular formula is C23H18N4S2. The van der Waals surface area contributed by atoms with Crippen molar-refractivity contribution >= 4 is 54.6 Å². The Bertz CT molecular complexity index is 1370. The molecule has 2 aromatic carbocycles. The van der Waals surface area contributed by atoms with E-state index >= 15 is 0 Å². The number of hydrogen-bond donors (Lipinski definition) is 1. The number of fused-ring (bicyclic) bond motifs is 4. The van der Waals surface area contributed by atoms with Crippen molar-refractivity contribution in [2.24, 2.45) is 0 Å². The van der Waals surface area contributed by atoms with Crippen LogP contribution in [-0.4, -0.2) is 15.0 Å². The van der Waals surface area contributed by atoms with Gasteiger partial charge in [-0.05, 0) is 73.7 Å². The van der Waals surface area contributed by atoms with Gasteiger partial charge in [-0.15, -0.1) is 22.7 Å². The van der Waals surface area contributed by atoms with Crippen LogP contribution in [0, 0.1) is 6.92 Å². The maximum atomic E-state index is 4.79. The Labute approximate surface area is 176 Å². The Balaban J connectivity index is 1.33. The van der Waals surface area contributed by atoms with Crippen molar-refractivity contribution in [1.29, 1.82) is 0 Å². The quantitative estimate of drug-likeness (QED) is 0.366. The molecule has 0 saturated carbocycles. The zero-order valence-corrected chi connectivity index (χ0v) is 17.5. The molecule has 1 aliphatic carbocycles. The average molecular weight is 415 g/mol. The monoisotopic (exact) mass is 414 g/mol. The van der Waals surface area contributed by atoms with E-state index in [-0.39, 0.29) is 0 Å². The van der Waals surface area contributed by atoms with Crippen LogP contribution in [0.5, 0.6) is 0 Å². The SMILES string of the molecule is Cc1ccc2nc(-c3ccc(Nc4ncnc5sc6c(c45)CCC6)cc3)sc2c1. The minimum atomic E-state index is 0.914. The lowest BCUT2D eigenvalue weighted by atomic mass is 10.1. The predicted molar refractivity (Wildman–Crippen MR) is 123 cm³/mol. The van der Waals surface area contributed by atoms with Crippen molar-refractivity contribution in [3.63, 3.8) is 0 Å². The van der Waals surface area contributed by atoms with Crippen molar-refractivity contribution in [2.45, 2.75) is 26.2 Å². The molecule has 0 amide bonds. The predicted octanol–water partition coefficient (Wildman–Crippen LogP) is 6.51. The molecule has 0 fully saturated rings. The summed E-state index contributed by atoms with van der Waals surface area (Å²) >= 11 is 3.56. The van der Waals surface area contributed by atoms with Gasteiger partial charge in [0.1, 0.15) is 22.0 Å². The summed E-state index contributed by atoms with van der Waals surface area (Å²) in [6.45, 7) is 2.12. The third-order valence-electron chi connectivity index (χ3n) is 5.44. The maximum Gasteiger partial charge on any atom is 0.142 e.